The number of benzene rings is 4. The van der Waals surface area contributed by atoms with Gasteiger partial charge in [0.1, 0.15) is 17.5 Å². The average Bonchev–Trinajstić information content (AvgIpc) is 3.50. The van der Waals surface area contributed by atoms with Crippen LogP contribution in [-0.2, 0) is 27.1 Å². The van der Waals surface area contributed by atoms with Gasteiger partial charge in [0.25, 0.3) is 0 Å². The number of thioether (sulfide) groups is 1. The molecule has 238 valence electrons. The van der Waals surface area contributed by atoms with E-state index >= 15 is 0 Å². The van der Waals surface area contributed by atoms with Gasteiger partial charge in [0.15, 0.2) is 0 Å². The molecule has 3 amide bonds. The minimum atomic E-state index is -4.82. The molecule has 0 radical (unpaired) electrons. The third kappa shape index (κ3) is 5.28. The Morgan fingerprint density at radius 3 is 2.36 bits per heavy atom. The van der Waals surface area contributed by atoms with Crippen molar-refractivity contribution in [1.29, 1.82) is 0 Å². The van der Waals surface area contributed by atoms with Crippen LogP contribution >= 0.6 is 23.1 Å². The summed E-state index contributed by atoms with van der Waals surface area (Å²) in [7, 11) is 1.44. The maximum Gasteiger partial charge on any atom is 0.418 e. The molecule has 0 spiro atoms. The van der Waals surface area contributed by atoms with E-state index in [1.165, 1.54) is 23.8 Å². The van der Waals surface area contributed by atoms with Crippen molar-refractivity contribution in [2.24, 2.45) is 5.92 Å². The Bertz CT molecular complexity index is 2140. The number of ether oxygens (including phenoxy) is 1. The number of hydrogen-bond acceptors (Lipinski definition) is 7. The second-order valence-electron chi connectivity index (χ2n) is 11.0. The Morgan fingerprint density at radius 1 is 0.894 bits per heavy atom. The molecule has 4 aromatic carbocycles. The van der Waals surface area contributed by atoms with Crippen molar-refractivity contribution in [2.75, 3.05) is 17.3 Å². The number of halogens is 3. The molecule has 2 aliphatic heterocycles. The molecule has 0 unspecified atom stereocenters. The van der Waals surface area contributed by atoms with Gasteiger partial charge in [-0.15, -0.1) is 0 Å². The third-order valence-electron chi connectivity index (χ3n) is 8.31. The second-order valence-corrected chi connectivity index (χ2v) is 13.2. The van der Waals surface area contributed by atoms with Crippen molar-refractivity contribution in [2.45, 2.75) is 28.9 Å². The van der Waals surface area contributed by atoms with Crippen LogP contribution in [0.5, 0.6) is 5.75 Å². The Kier molecular flexibility index (Phi) is 7.68. The summed E-state index contributed by atoms with van der Waals surface area (Å²) < 4.78 is 49.0. The van der Waals surface area contributed by atoms with Crippen molar-refractivity contribution in [3.63, 3.8) is 0 Å². The summed E-state index contributed by atoms with van der Waals surface area (Å²) in [5, 5.41) is 3.86. The van der Waals surface area contributed by atoms with Gasteiger partial charge in [-0.3, -0.25) is 23.7 Å². The summed E-state index contributed by atoms with van der Waals surface area (Å²) in [6, 6.07) is 24.3. The topological polar surface area (TPSA) is 97.7 Å². The quantitative estimate of drug-likeness (QED) is 0.206. The van der Waals surface area contributed by atoms with E-state index in [0.717, 1.165) is 46.0 Å². The highest BCUT2D eigenvalue weighted by molar-refractivity contribution is 8.00. The van der Waals surface area contributed by atoms with Crippen LogP contribution < -0.4 is 19.8 Å². The second kappa shape index (κ2) is 11.7. The van der Waals surface area contributed by atoms with E-state index < -0.39 is 57.1 Å². The molecule has 1 saturated heterocycles. The van der Waals surface area contributed by atoms with E-state index in [4.69, 9.17) is 4.74 Å². The van der Waals surface area contributed by atoms with E-state index in [0.29, 0.717) is 31.8 Å². The van der Waals surface area contributed by atoms with Crippen molar-refractivity contribution < 1.29 is 32.3 Å². The molecule has 2 aliphatic rings. The smallest absolute Gasteiger partial charge is 0.418 e. The van der Waals surface area contributed by atoms with Gasteiger partial charge in [0.05, 0.1) is 29.3 Å². The molecular weight excluding hydrogens is 652 g/mol. The minimum Gasteiger partial charge on any atom is -0.496 e. The lowest BCUT2D eigenvalue weighted by Crippen LogP contribution is -2.33. The number of imide groups is 1. The molecule has 0 bridgehead atoms. The first-order valence-corrected chi connectivity index (χ1v) is 16.1. The number of rotatable bonds is 6. The maximum atomic E-state index is 14.1. The van der Waals surface area contributed by atoms with Crippen molar-refractivity contribution in [3.05, 3.63) is 117 Å². The number of anilines is 2. The van der Waals surface area contributed by atoms with E-state index in [9.17, 15) is 32.3 Å². The Hall–Kier alpha value is -4.88. The lowest BCUT2D eigenvalue weighted by molar-refractivity contribution is -0.137. The molecule has 0 saturated carbocycles. The van der Waals surface area contributed by atoms with Gasteiger partial charge in [0, 0.05) is 22.0 Å². The molecule has 3 atom stereocenters. The first-order valence-electron chi connectivity index (χ1n) is 14.4. The largest absolute Gasteiger partial charge is 0.496 e. The molecule has 1 N–H and O–H groups in total. The molecule has 0 aliphatic carbocycles. The monoisotopic (exact) mass is 675 g/mol. The van der Waals surface area contributed by atoms with Gasteiger partial charge >= 0.3 is 11.0 Å². The maximum absolute atomic E-state index is 14.1. The Labute approximate surface area is 273 Å². The van der Waals surface area contributed by atoms with E-state index in [-0.39, 0.29) is 6.54 Å². The first-order chi connectivity index (χ1) is 22.6. The molecule has 13 heteroatoms. The van der Waals surface area contributed by atoms with E-state index in [1.54, 1.807) is 30.3 Å². The first kappa shape index (κ1) is 30.8. The van der Waals surface area contributed by atoms with Crippen LogP contribution in [0.1, 0.15) is 21.9 Å². The standard InChI is InChI=1S/C34H24F3N3O5S2/c1-45-24-13-7-4-10-21(24)26-27-28(31(43)40(30(27)42)23-12-6-5-11-22(23)34(35,36)37)46-32-29(26)47-33(44)39(32)17-25(41)38-20-15-14-18-8-2-3-9-19(18)16-20/h2-16,26-28H,17H2,1H3,(H,38,41)/t26-,27-,28+/m0/s1. The van der Waals surface area contributed by atoms with Crippen LogP contribution in [0.4, 0.5) is 24.5 Å². The summed E-state index contributed by atoms with van der Waals surface area (Å²) in [5.41, 5.74) is -0.649. The fraction of sp³-hybridized carbons (Fsp3) is 0.176. The number of amides is 3. The molecule has 3 heterocycles. The Balaban J connectivity index is 1.30. The molecular formula is C34H24F3N3O5S2. The highest BCUT2D eigenvalue weighted by Crippen LogP contribution is 2.55. The van der Waals surface area contributed by atoms with E-state index in [1.807, 2.05) is 36.4 Å². The van der Waals surface area contributed by atoms with Crippen LogP contribution in [0.3, 0.4) is 0 Å². The number of para-hydroxylation sites is 2. The summed E-state index contributed by atoms with van der Waals surface area (Å²) in [6.07, 6.45) is -4.82. The number of aromatic nitrogens is 1. The molecule has 47 heavy (non-hydrogen) atoms. The number of carbonyl (C=O) groups excluding carboxylic acids is 3. The van der Waals surface area contributed by atoms with Crippen molar-refractivity contribution >= 4 is 63.0 Å². The minimum absolute atomic E-state index is 0.304. The van der Waals surface area contributed by atoms with Gasteiger partial charge in [0.2, 0.25) is 17.7 Å². The fourth-order valence-electron chi connectivity index (χ4n) is 6.27. The zero-order valence-electron chi connectivity index (χ0n) is 24.5. The van der Waals surface area contributed by atoms with Gasteiger partial charge < -0.3 is 10.1 Å². The normalized spacial score (nSPS) is 19.1. The Morgan fingerprint density at radius 2 is 1.60 bits per heavy atom. The average molecular weight is 676 g/mol. The van der Waals surface area contributed by atoms with Crippen molar-refractivity contribution in [1.82, 2.24) is 4.57 Å². The lowest BCUT2D eigenvalue weighted by Gasteiger charge is -2.31. The van der Waals surface area contributed by atoms with Crippen LogP contribution in [-0.4, -0.2) is 34.6 Å². The number of nitrogens with one attached hydrogen (secondary N) is 1. The molecule has 1 aromatic heterocycles. The number of carbonyl (C=O) groups is 3. The van der Waals surface area contributed by atoms with Crippen LogP contribution in [0, 0.1) is 5.92 Å². The SMILES string of the molecule is COc1ccccc1[C@@H]1c2sc(=O)n(CC(=O)Nc3ccc4ccccc4c3)c2S[C@H]2C(=O)N(c3ccccc3C(F)(F)F)C(=O)[C@@H]12. The molecule has 8 nitrogen and oxygen atoms in total. The van der Waals surface area contributed by atoms with Crippen LogP contribution in [0.2, 0.25) is 0 Å². The highest BCUT2D eigenvalue weighted by atomic mass is 32.2. The number of thiazole rings is 1. The summed E-state index contributed by atoms with van der Waals surface area (Å²) in [5.74, 6) is -3.81. The highest BCUT2D eigenvalue weighted by Gasteiger charge is 2.58. The van der Waals surface area contributed by atoms with Crippen LogP contribution in [0.25, 0.3) is 10.8 Å². The molecule has 5 aromatic rings. The molecule has 7 rings (SSSR count). The number of nitrogens with zero attached hydrogens (tertiary/aromatic N) is 2. The summed E-state index contributed by atoms with van der Waals surface area (Å²) in [6.45, 7) is -0.386. The van der Waals surface area contributed by atoms with Gasteiger partial charge in [-0.2, -0.15) is 13.2 Å². The predicted octanol–water partition coefficient (Wildman–Crippen LogP) is 6.52. The number of fused-ring (bicyclic) bond motifs is 3. The zero-order valence-corrected chi connectivity index (χ0v) is 26.1. The summed E-state index contributed by atoms with van der Waals surface area (Å²) >= 11 is 1.75. The number of hydrogen-bond donors (Lipinski definition) is 1. The van der Waals surface area contributed by atoms with E-state index in [2.05, 4.69) is 5.32 Å². The number of methoxy groups -OCH3 is 1. The number of alkyl halides is 3. The van der Waals surface area contributed by atoms with Crippen LogP contribution in [0.15, 0.2) is 101 Å². The van der Waals surface area contributed by atoms with Gasteiger partial charge in [-0.05, 0) is 41.1 Å². The van der Waals surface area contributed by atoms with Gasteiger partial charge in [-0.1, -0.05) is 83.8 Å². The lowest BCUT2D eigenvalue weighted by atomic mass is 9.82. The van der Waals surface area contributed by atoms with Crippen molar-refractivity contribution in [3.8, 4) is 5.75 Å². The predicted molar refractivity (Wildman–Crippen MR) is 173 cm³/mol. The van der Waals surface area contributed by atoms with Gasteiger partial charge in [-0.25, -0.2) is 4.90 Å². The fourth-order valence-corrected chi connectivity index (χ4v) is 9.03. The summed E-state index contributed by atoms with van der Waals surface area (Å²) in [4.78, 5) is 55.4. The zero-order chi connectivity index (χ0) is 33.0. The molecule has 1 fully saturated rings. The third-order valence-corrected chi connectivity index (χ3v) is 10.9.